The van der Waals surface area contributed by atoms with Gasteiger partial charge in [-0.3, -0.25) is 0 Å². The standard InChI is InChI=1S/C15H23N3O2S2/c1-17(2)11-9-16-15(21)18-10-8-14(12-18)22(19,20)13-6-4-3-5-7-13/h3-7,14H,8-12H2,1-2H3,(H,16,21). The van der Waals surface area contributed by atoms with Crippen LogP contribution in [0.1, 0.15) is 6.42 Å². The fourth-order valence-electron chi connectivity index (χ4n) is 2.47. The van der Waals surface area contributed by atoms with E-state index in [2.05, 4.69) is 10.2 Å². The summed E-state index contributed by atoms with van der Waals surface area (Å²) in [5.41, 5.74) is 0. The van der Waals surface area contributed by atoms with E-state index in [1.165, 1.54) is 0 Å². The zero-order valence-corrected chi connectivity index (χ0v) is 14.7. The highest BCUT2D eigenvalue weighted by atomic mass is 32.2. The molecule has 0 aliphatic carbocycles. The van der Waals surface area contributed by atoms with Crippen LogP contribution < -0.4 is 5.32 Å². The van der Waals surface area contributed by atoms with Gasteiger partial charge in [0, 0.05) is 26.2 Å². The van der Waals surface area contributed by atoms with E-state index < -0.39 is 9.84 Å². The average Bonchev–Trinajstić information content (AvgIpc) is 2.98. The second kappa shape index (κ2) is 7.39. The maximum atomic E-state index is 12.6. The first-order valence-electron chi connectivity index (χ1n) is 7.37. The molecule has 1 atom stereocenters. The number of sulfone groups is 1. The van der Waals surface area contributed by atoms with Crippen LogP contribution in [0.15, 0.2) is 35.2 Å². The Labute approximate surface area is 138 Å². The third-order valence-electron chi connectivity index (χ3n) is 3.78. The fraction of sp³-hybridized carbons (Fsp3) is 0.533. The summed E-state index contributed by atoms with van der Waals surface area (Å²) in [4.78, 5) is 4.42. The minimum Gasteiger partial charge on any atom is -0.361 e. The molecule has 1 saturated heterocycles. The molecule has 1 aromatic rings. The van der Waals surface area contributed by atoms with Crippen molar-refractivity contribution in [2.45, 2.75) is 16.6 Å². The smallest absolute Gasteiger partial charge is 0.183 e. The Bertz CT molecular complexity index is 602. The molecule has 7 heteroatoms. The van der Waals surface area contributed by atoms with E-state index in [9.17, 15) is 8.42 Å². The lowest BCUT2D eigenvalue weighted by Crippen LogP contribution is -2.41. The molecule has 0 aromatic heterocycles. The number of thiocarbonyl (C=S) groups is 1. The van der Waals surface area contributed by atoms with Gasteiger partial charge in [0.05, 0.1) is 10.1 Å². The lowest BCUT2D eigenvalue weighted by Gasteiger charge is -2.21. The van der Waals surface area contributed by atoms with Crippen molar-refractivity contribution >= 4 is 27.2 Å². The van der Waals surface area contributed by atoms with Gasteiger partial charge in [0.2, 0.25) is 0 Å². The summed E-state index contributed by atoms with van der Waals surface area (Å²) in [5.74, 6) is 0. The highest BCUT2D eigenvalue weighted by Crippen LogP contribution is 2.23. The highest BCUT2D eigenvalue weighted by Gasteiger charge is 2.34. The number of rotatable bonds is 5. The first-order valence-corrected chi connectivity index (χ1v) is 9.33. The minimum absolute atomic E-state index is 0.386. The molecule has 0 spiro atoms. The van der Waals surface area contributed by atoms with Crippen molar-refractivity contribution in [3.63, 3.8) is 0 Å². The van der Waals surface area contributed by atoms with Crippen molar-refractivity contribution in [3.8, 4) is 0 Å². The first-order chi connectivity index (χ1) is 10.4. The predicted octanol–water partition coefficient (Wildman–Crippen LogP) is 0.971. The third-order valence-corrected chi connectivity index (χ3v) is 6.37. The Hall–Kier alpha value is -1.18. The second-order valence-corrected chi connectivity index (χ2v) is 8.36. The molecule has 2 rings (SSSR count). The lowest BCUT2D eigenvalue weighted by atomic mass is 10.4. The molecule has 22 heavy (non-hydrogen) atoms. The zero-order chi connectivity index (χ0) is 16.2. The number of hydrogen-bond donors (Lipinski definition) is 1. The fourth-order valence-corrected chi connectivity index (χ4v) is 4.45. The molecule has 0 bridgehead atoms. The Morgan fingerprint density at radius 1 is 1.36 bits per heavy atom. The zero-order valence-electron chi connectivity index (χ0n) is 13.0. The molecule has 0 radical (unpaired) electrons. The van der Waals surface area contributed by atoms with Crippen molar-refractivity contribution in [2.24, 2.45) is 0 Å². The van der Waals surface area contributed by atoms with E-state index in [0.29, 0.717) is 29.5 Å². The van der Waals surface area contributed by atoms with E-state index in [1.54, 1.807) is 24.3 Å². The topological polar surface area (TPSA) is 52.6 Å². The lowest BCUT2D eigenvalue weighted by molar-refractivity contribution is 0.407. The summed E-state index contributed by atoms with van der Waals surface area (Å²) >= 11 is 5.36. The number of likely N-dealkylation sites (N-methyl/N-ethyl adjacent to an activating group) is 1. The number of nitrogens with zero attached hydrogens (tertiary/aromatic N) is 2. The number of likely N-dealkylation sites (tertiary alicyclic amines) is 1. The van der Waals surface area contributed by atoms with Crippen LogP contribution in [-0.2, 0) is 9.84 Å². The van der Waals surface area contributed by atoms with Crippen LogP contribution in [0.2, 0.25) is 0 Å². The van der Waals surface area contributed by atoms with E-state index >= 15 is 0 Å². The van der Waals surface area contributed by atoms with Crippen molar-refractivity contribution in [1.82, 2.24) is 15.1 Å². The quantitative estimate of drug-likeness (QED) is 0.806. The molecule has 0 saturated carbocycles. The van der Waals surface area contributed by atoms with Crippen molar-refractivity contribution in [1.29, 1.82) is 0 Å². The molecule has 1 aromatic carbocycles. The van der Waals surface area contributed by atoms with E-state index in [4.69, 9.17) is 12.2 Å². The molecule has 1 unspecified atom stereocenters. The molecule has 1 fully saturated rings. The summed E-state index contributed by atoms with van der Waals surface area (Å²) in [6, 6.07) is 8.65. The monoisotopic (exact) mass is 341 g/mol. The van der Waals surface area contributed by atoms with Crippen LogP contribution in [0.25, 0.3) is 0 Å². The first kappa shape index (κ1) is 17.2. The average molecular weight is 342 g/mol. The third kappa shape index (κ3) is 4.18. The van der Waals surface area contributed by atoms with E-state index in [-0.39, 0.29) is 5.25 Å². The Kier molecular flexibility index (Phi) is 5.77. The molecule has 0 amide bonds. The highest BCUT2D eigenvalue weighted by molar-refractivity contribution is 7.92. The Balaban J connectivity index is 1.94. The number of nitrogens with one attached hydrogen (secondary N) is 1. The normalized spacial score (nSPS) is 18.7. The van der Waals surface area contributed by atoms with Crippen LogP contribution in [0, 0.1) is 0 Å². The van der Waals surface area contributed by atoms with Gasteiger partial charge in [-0.25, -0.2) is 8.42 Å². The Morgan fingerprint density at radius 2 is 2.05 bits per heavy atom. The molecule has 1 heterocycles. The molecular formula is C15H23N3O2S2. The molecule has 5 nitrogen and oxygen atoms in total. The maximum Gasteiger partial charge on any atom is 0.183 e. The van der Waals surface area contributed by atoms with Gasteiger partial charge in [-0.15, -0.1) is 0 Å². The summed E-state index contributed by atoms with van der Waals surface area (Å²) in [6.45, 7) is 2.80. The van der Waals surface area contributed by atoms with Crippen LogP contribution in [0.3, 0.4) is 0 Å². The number of hydrogen-bond acceptors (Lipinski definition) is 4. The van der Waals surface area contributed by atoms with Gasteiger partial charge in [0.25, 0.3) is 0 Å². The van der Waals surface area contributed by atoms with Gasteiger partial charge >= 0.3 is 0 Å². The molecule has 122 valence electrons. The maximum absolute atomic E-state index is 12.6. The van der Waals surface area contributed by atoms with Gasteiger partial charge in [0.1, 0.15) is 0 Å². The van der Waals surface area contributed by atoms with Gasteiger partial charge < -0.3 is 15.1 Å². The summed E-state index contributed by atoms with van der Waals surface area (Å²) in [5, 5.41) is 3.45. The van der Waals surface area contributed by atoms with E-state index in [1.807, 2.05) is 25.1 Å². The molecule has 1 N–H and O–H groups in total. The summed E-state index contributed by atoms with van der Waals surface area (Å²) < 4.78 is 25.2. The minimum atomic E-state index is -3.28. The Morgan fingerprint density at radius 3 is 2.68 bits per heavy atom. The predicted molar refractivity (Wildman–Crippen MR) is 92.8 cm³/mol. The van der Waals surface area contributed by atoms with Gasteiger partial charge in [0.15, 0.2) is 14.9 Å². The molecular weight excluding hydrogens is 318 g/mol. The number of benzene rings is 1. The van der Waals surface area contributed by atoms with Crippen LogP contribution in [0.5, 0.6) is 0 Å². The molecule has 1 aliphatic rings. The summed E-state index contributed by atoms with van der Waals surface area (Å²) in [7, 11) is 0.730. The van der Waals surface area contributed by atoms with Crippen LogP contribution in [-0.4, -0.2) is 68.9 Å². The van der Waals surface area contributed by atoms with Crippen LogP contribution in [0.4, 0.5) is 0 Å². The van der Waals surface area contributed by atoms with E-state index in [0.717, 1.165) is 13.1 Å². The van der Waals surface area contributed by atoms with Gasteiger partial charge in [-0.2, -0.15) is 0 Å². The van der Waals surface area contributed by atoms with Gasteiger partial charge in [-0.1, -0.05) is 18.2 Å². The van der Waals surface area contributed by atoms with Crippen molar-refractivity contribution in [2.75, 3.05) is 40.3 Å². The van der Waals surface area contributed by atoms with Gasteiger partial charge in [-0.05, 0) is 44.9 Å². The summed E-state index contributed by atoms with van der Waals surface area (Å²) in [6.07, 6.45) is 0.618. The molecule has 1 aliphatic heterocycles. The second-order valence-electron chi connectivity index (χ2n) is 5.75. The van der Waals surface area contributed by atoms with Crippen molar-refractivity contribution < 1.29 is 8.42 Å². The SMILES string of the molecule is CN(C)CCNC(=S)N1CCC(S(=O)(=O)c2ccccc2)C1. The van der Waals surface area contributed by atoms with Crippen LogP contribution >= 0.6 is 12.2 Å². The largest absolute Gasteiger partial charge is 0.361 e. The van der Waals surface area contributed by atoms with Crippen molar-refractivity contribution in [3.05, 3.63) is 30.3 Å².